The van der Waals surface area contributed by atoms with E-state index in [-0.39, 0.29) is 0 Å². The van der Waals surface area contributed by atoms with E-state index in [9.17, 15) is 9.90 Å². The summed E-state index contributed by atoms with van der Waals surface area (Å²) in [6.45, 7) is 0.801. The predicted octanol–water partition coefficient (Wildman–Crippen LogP) is 2.22. The van der Waals surface area contributed by atoms with Gasteiger partial charge in [-0.05, 0) is 56.3 Å². The quantitative estimate of drug-likeness (QED) is 0.855. The standard InChI is InChI=1S/C15H21NO3/c1-19-13-6-4-12(5-7-13)8-10-15(14(17)18)9-2-3-11-16-15/h4-7,16H,2-3,8-11H2,1H3,(H,17,18). The molecule has 1 aromatic carbocycles. The van der Waals surface area contributed by atoms with Crippen LogP contribution in [-0.2, 0) is 11.2 Å². The molecule has 1 aromatic rings. The second-order valence-corrected chi connectivity index (χ2v) is 5.12. The first-order valence-corrected chi connectivity index (χ1v) is 6.78. The van der Waals surface area contributed by atoms with Gasteiger partial charge in [0.1, 0.15) is 11.3 Å². The van der Waals surface area contributed by atoms with Crippen molar-refractivity contribution in [1.29, 1.82) is 0 Å². The van der Waals surface area contributed by atoms with Crippen LogP contribution in [0.3, 0.4) is 0 Å². The Morgan fingerprint density at radius 2 is 2.11 bits per heavy atom. The van der Waals surface area contributed by atoms with Crippen molar-refractivity contribution < 1.29 is 14.6 Å². The lowest BCUT2D eigenvalue weighted by Gasteiger charge is -2.34. The molecular formula is C15H21NO3. The first-order chi connectivity index (χ1) is 9.16. The maximum Gasteiger partial charge on any atom is 0.323 e. The highest BCUT2D eigenvalue weighted by Crippen LogP contribution is 2.25. The van der Waals surface area contributed by atoms with Crippen molar-refractivity contribution in [2.45, 2.75) is 37.6 Å². The Balaban J connectivity index is 2.00. The van der Waals surface area contributed by atoms with Crippen LogP contribution in [0, 0.1) is 0 Å². The zero-order valence-corrected chi connectivity index (χ0v) is 11.3. The summed E-state index contributed by atoms with van der Waals surface area (Å²) in [5.41, 5.74) is 0.409. The second-order valence-electron chi connectivity index (χ2n) is 5.12. The summed E-state index contributed by atoms with van der Waals surface area (Å²) in [6.07, 6.45) is 4.18. The first-order valence-electron chi connectivity index (χ1n) is 6.78. The Bertz CT molecular complexity index is 422. The van der Waals surface area contributed by atoms with Crippen LogP contribution in [0.25, 0.3) is 0 Å². The number of benzene rings is 1. The van der Waals surface area contributed by atoms with Crippen LogP contribution in [0.2, 0.25) is 0 Å². The van der Waals surface area contributed by atoms with Gasteiger partial charge < -0.3 is 15.2 Å². The van der Waals surface area contributed by atoms with E-state index in [1.807, 2.05) is 24.3 Å². The second kappa shape index (κ2) is 6.06. The summed E-state index contributed by atoms with van der Waals surface area (Å²) in [6, 6.07) is 7.82. The van der Waals surface area contributed by atoms with Crippen LogP contribution < -0.4 is 10.1 Å². The van der Waals surface area contributed by atoms with E-state index in [1.54, 1.807) is 7.11 Å². The molecule has 0 spiro atoms. The number of piperidine rings is 1. The Morgan fingerprint density at radius 1 is 1.37 bits per heavy atom. The molecule has 1 fully saturated rings. The van der Waals surface area contributed by atoms with Crippen LogP contribution in [0.5, 0.6) is 5.75 Å². The van der Waals surface area contributed by atoms with Crippen molar-refractivity contribution in [1.82, 2.24) is 5.32 Å². The fourth-order valence-corrected chi connectivity index (χ4v) is 2.62. The molecule has 1 atom stereocenters. The largest absolute Gasteiger partial charge is 0.497 e. The highest BCUT2D eigenvalue weighted by molar-refractivity contribution is 5.79. The zero-order valence-electron chi connectivity index (χ0n) is 11.3. The highest BCUT2D eigenvalue weighted by atomic mass is 16.5. The lowest BCUT2D eigenvalue weighted by Crippen LogP contribution is -2.54. The molecule has 2 rings (SSSR count). The number of hydrogen-bond donors (Lipinski definition) is 2. The average molecular weight is 263 g/mol. The maximum atomic E-state index is 11.5. The molecule has 104 valence electrons. The SMILES string of the molecule is COc1ccc(CCC2(C(=O)O)CCCCN2)cc1. The summed E-state index contributed by atoms with van der Waals surface area (Å²) >= 11 is 0. The minimum atomic E-state index is -0.738. The first kappa shape index (κ1) is 13.9. The summed E-state index contributed by atoms with van der Waals surface area (Å²) < 4.78 is 5.12. The van der Waals surface area contributed by atoms with Gasteiger partial charge in [0.15, 0.2) is 0 Å². The van der Waals surface area contributed by atoms with Gasteiger partial charge >= 0.3 is 5.97 Å². The van der Waals surface area contributed by atoms with E-state index in [4.69, 9.17) is 4.74 Å². The smallest absolute Gasteiger partial charge is 0.323 e. The third kappa shape index (κ3) is 3.26. The van der Waals surface area contributed by atoms with Gasteiger partial charge in [-0.3, -0.25) is 4.79 Å². The molecule has 0 saturated carbocycles. The molecular weight excluding hydrogens is 242 g/mol. The number of aryl methyl sites for hydroxylation is 1. The molecule has 1 aliphatic heterocycles. The topological polar surface area (TPSA) is 58.6 Å². The third-order valence-corrected chi connectivity index (χ3v) is 3.90. The summed E-state index contributed by atoms with van der Waals surface area (Å²) in [7, 11) is 1.64. The van der Waals surface area contributed by atoms with Gasteiger partial charge in [0.05, 0.1) is 7.11 Å². The van der Waals surface area contributed by atoms with E-state index in [0.29, 0.717) is 6.42 Å². The van der Waals surface area contributed by atoms with Gasteiger partial charge in [0.25, 0.3) is 0 Å². The van der Waals surface area contributed by atoms with Crippen LogP contribution in [-0.4, -0.2) is 30.3 Å². The van der Waals surface area contributed by atoms with Gasteiger partial charge in [-0.2, -0.15) is 0 Å². The number of methoxy groups -OCH3 is 1. The van der Waals surface area contributed by atoms with E-state index in [1.165, 1.54) is 0 Å². The lowest BCUT2D eigenvalue weighted by molar-refractivity contribution is -0.146. The number of carbonyl (C=O) groups is 1. The molecule has 4 heteroatoms. The fourth-order valence-electron chi connectivity index (χ4n) is 2.62. The van der Waals surface area contributed by atoms with Gasteiger partial charge in [-0.25, -0.2) is 0 Å². The molecule has 1 saturated heterocycles. The summed E-state index contributed by atoms with van der Waals surface area (Å²) in [5, 5.41) is 12.7. The molecule has 1 heterocycles. The average Bonchev–Trinajstić information content (AvgIpc) is 2.46. The van der Waals surface area contributed by atoms with Gasteiger partial charge in [-0.1, -0.05) is 12.1 Å². The van der Waals surface area contributed by atoms with Gasteiger partial charge in [0, 0.05) is 0 Å². The molecule has 1 unspecified atom stereocenters. The fraction of sp³-hybridized carbons (Fsp3) is 0.533. The third-order valence-electron chi connectivity index (χ3n) is 3.90. The van der Waals surface area contributed by atoms with Crippen molar-refractivity contribution >= 4 is 5.97 Å². The summed E-state index contributed by atoms with van der Waals surface area (Å²) in [4.78, 5) is 11.5. The number of hydrogen-bond acceptors (Lipinski definition) is 3. The number of carboxylic acid groups (broad SMARTS) is 1. The molecule has 0 aliphatic carbocycles. The zero-order chi connectivity index (χ0) is 13.7. The Labute approximate surface area is 113 Å². The molecule has 1 aliphatic rings. The molecule has 0 aromatic heterocycles. The molecule has 0 bridgehead atoms. The van der Waals surface area contributed by atoms with E-state index >= 15 is 0 Å². The Kier molecular flexibility index (Phi) is 4.43. The van der Waals surface area contributed by atoms with Crippen LogP contribution in [0.4, 0.5) is 0 Å². The number of aliphatic carboxylic acids is 1. The molecule has 0 radical (unpaired) electrons. The van der Waals surface area contributed by atoms with Crippen LogP contribution in [0.15, 0.2) is 24.3 Å². The maximum absolute atomic E-state index is 11.5. The van der Waals surface area contributed by atoms with Crippen molar-refractivity contribution in [3.63, 3.8) is 0 Å². The molecule has 0 amide bonds. The van der Waals surface area contributed by atoms with Crippen LogP contribution >= 0.6 is 0 Å². The van der Waals surface area contributed by atoms with Crippen LogP contribution in [0.1, 0.15) is 31.2 Å². The molecule has 4 nitrogen and oxygen atoms in total. The minimum Gasteiger partial charge on any atom is -0.497 e. The normalized spacial score (nSPS) is 23.0. The highest BCUT2D eigenvalue weighted by Gasteiger charge is 2.38. The minimum absolute atomic E-state index is 0.634. The number of ether oxygens (including phenoxy) is 1. The lowest BCUT2D eigenvalue weighted by atomic mass is 9.83. The number of carboxylic acids is 1. The number of nitrogens with one attached hydrogen (secondary N) is 1. The molecule has 19 heavy (non-hydrogen) atoms. The summed E-state index contributed by atoms with van der Waals surface area (Å²) in [5.74, 6) is 0.105. The van der Waals surface area contributed by atoms with Crippen molar-refractivity contribution in [3.8, 4) is 5.75 Å². The van der Waals surface area contributed by atoms with Gasteiger partial charge in [0.2, 0.25) is 0 Å². The molecule has 2 N–H and O–H groups in total. The van der Waals surface area contributed by atoms with Crippen molar-refractivity contribution in [3.05, 3.63) is 29.8 Å². The Hall–Kier alpha value is -1.55. The Morgan fingerprint density at radius 3 is 2.63 bits per heavy atom. The van der Waals surface area contributed by atoms with E-state index in [0.717, 1.165) is 43.5 Å². The number of rotatable bonds is 5. The van der Waals surface area contributed by atoms with Gasteiger partial charge in [-0.15, -0.1) is 0 Å². The monoisotopic (exact) mass is 263 g/mol. The van der Waals surface area contributed by atoms with Crippen molar-refractivity contribution in [2.24, 2.45) is 0 Å². The van der Waals surface area contributed by atoms with E-state index in [2.05, 4.69) is 5.32 Å². The predicted molar refractivity (Wildman–Crippen MR) is 73.5 cm³/mol. The van der Waals surface area contributed by atoms with Crippen molar-refractivity contribution in [2.75, 3.05) is 13.7 Å². The van der Waals surface area contributed by atoms with E-state index < -0.39 is 11.5 Å².